The lowest BCUT2D eigenvalue weighted by molar-refractivity contribution is -0.121. The molecule has 25 heavy (non-hydrogen) atoms. The summed E-state index contributed by atoms with van der Waals surface area (Å²) in [7, 11) is 1.46. The van der Waals surface area contributed by atoms with Crippen LogP contribution in [0.25, 0.3) is 0 Å². The van der Waals surface area contributed by atoms with E-state index in [1.54, 1.807) is 19.1 Å². The standard InChI is InChI=1S/C18H20BrN3O3/c1-11-5-4-6-15(7-11)21-12(2)18(24)22-20-10-13-8-14(19)9-16(25-3)17(13)23/h4-10,12,21,23H,1-3H3,(H,22,24)/b20-10-/t12-/m0/s1. The molecule has 0 saturated carbocycles. The van der Waals surface area contributed by atoms with Crippen molar-refractivity contribution in [2.24, 2.45) is 5.10 Å². The van der Waals surface area contributed by atoms with E-state index in [0.717, 1.165) is 15.7 Å². The molecule has 1 amide bonds. The van der Waals surface area contributed by atoms with Crippen LogP contribution in [0.5, 0.6) is 11.5 Å². The third-order valence-electron chi connectivity index (χ3n) is 3.46. The van der Waals surface area contributed by atoms with Gasteiger partial charge in [-0.25, -0.2) is 5.43 Å². The minimum atomic E-state index is -0.468. The number of nitrogens with zero attached hydrogens (tertiary/aromatic N) is 1. The van der Waals surface area contributed by atoms with E-state index in [4.69, 9.17) is 4.74 Å². The topological polar surface area (TPSA) is 83.0 Å². The van der Waals surface area contributed by atoms with E-state index in [0.29, 0.717) is 11.3 Å². The second-order valence-corrected chi connectivity index (χ2v) is 6.43. The van der Waals surface area contributed by atoms with E-state index < -0.39 is 6.04 Å². The number of phenols is 1. The average molecular weight is 406 g/mol. The number of halogens is 1. The summed E-state index contributed by atoms with van der Waals surface area (Å²) < 4.78 is 5.80. The maximum atomic E-state index is 12.1. The Labute approximate surface area is 155 Å². The largest absolute Gasteiger partial charge is 0.504 e. The van der Waals surface area contributed by atoms with Gasteiger partial charge in [-0.1, -0.05) is 28.1 Å². The monoisotopic (exact) mass is 405 g/mol. The number of carbonyl (C=O) groups is 1. The molecule has 0 aliphatic heterocycles. The lowest BCUT2D eigenvalue weighted by atomic mass is 10.2. The van der Waals surface area contributed by atoms with Crippen molar-refractivity contribution in [2.45, 2.75) is 19.9 Å². The Hall–Kier alpha value is -2.54. The van der Waals surface area contributed by atoms with Crippen molar-refractivity contribution in [2.75, 3.05) is 12.4 Å². The third-order valence-corrected chi connectivity index (χ3v) is 3.92. The minimum absolute atomic E-state index is 0.0466. The van der Waals surface area contributed by atoms with Crippen LogP contribution in [-0.4, -0.2) is 30.4 Å². The Morgan fingerprint density at radius 3 is 2.80 bits per heavy atom. The van der Waals surface area contributed by atoms with E-state index in [1.165, 1.54) is 13.3 Å². The highest BCUT2D eigenvalue weighted by Gasteiger charge is 2.12. The van der Waals surface area contributed by atoms with E-state index in [9.17, 15) is 9.90 Å². The Balaban J connectivity index is 1.99. The van der Waals surface area contributed by atoms with Crippen LogP contribution in [0.15, 0.2) is 46.0 Å². The van der Waals surface area contributed by atoms with Gasteiger partial charge in [-0.15, -0.1) is 0 Å². The zero-order chi connectivity index (χ0) is 18.4. The van der Waals surface area contributed by atoms with Gasteiger partial charge in [0, 0.05) is 15.7 Å². The summed E-state index contributed by atoms with van der Waals surface area (Å²) in [6.45, 7) is 3.73. The fraction of sp³-hybridized carbons (Fsp3) is 0.222. The normalized spacial score (nSPS) is 12.0. The van der Waals surface area contributed by atoms with Crippen LogP contribution in [0.1, 0.15) is 18.1 Å². The fourth-order valence-electron chi connectivity index (χ4n) is 2.16. The van der Waals surface area contributed by atoms with Crippen LogP contribution in [0.2, 0.25) is 0 Å². The third kappa shape index (κ3) is 5.22. The molecule has 2 aromatic rings. The van der Waals surface area contributed by atoms with Gasteiger partial charge >= 0.3 is 0 Å². The molecule has 0 aliphatic carbocycles. The van der Waals surface area contributed by atoms with Gasteiger partial charge in [0.2, 0.25) is 0 Å². The fourth-order valence-corrected chi connectivity index (χ4v) is 2.62. The summed E-state index contributed by atoms with van der Waals surface area (Å²) in [5.74, 6) is -0.0227. The zero-order valence-electron chi connectivity index (χ0n) is 14.2. The van der Waals surface area contributed by atoms with E-state index in [1.807, 2.05) is 31.2 Å². The molecule has 0 spiro atoms. The number of nitrogens with one attached hydrogen (secondary N) is 2. The van der Waals surface area contributed by atoms with Gasteiger partial charge < -0.3 is 15.2 Å². The molecule has 0 unspecified atom stereocenters. The number of amides is 1. The first kappa shape index (κ1) is 18.8. The van der Waals surface area contributed by atoms with Crippen LogP contribution >= 0.6 is 15.9 Å². The number of anilines is 1. The summed E-state index contributed by atoms with van der Waals surface area (Å²) >= 11 is 3.32. The second kappa shape index (κ2) is 8.53. The summed E-state index contributed by atoms with van der Waals surface area (Å²) in [5.41, 5.74) is 4.84. The van der Waals surface area contributed by atoms with Crippen LogP contribution < -0.4 is 15.5 Å². The number of aryl methyl sites for hydroxylation is 1. The smallest absolute Gasteiger partial charge is 0.262 e. The van der Waals surface area contributed by atoms with Gasteiger partial charge in [0.25, 0.3) is 5.91 Å². The highest BCUT2D eigenvalue weighted by atomic mass is 79.9. The number of ether oxygens (including phenoxy) is 1. The highest BCUT2D eigenvalue weighted by Crippen LogP contribution is 2.32. The van der Waals surface area contributed by atoms with Gasteiger partial charge in [-0.3, -0.25) is 4.79 Å². The number of phenolic OH excluding ortho intramolecular Hbond substituents is 1. The van der Waals surface area contributed by atoms with Gasteiger partial charge in [0.1, 0.15) is 6.04 Å². The van der Waals surface area contributed by atoms with Crippen molar-refractivity contribution in [1.82, 2.24) is 5.43 Å². The molecule has 6 nitrogen and oxygen atoms in total. The molecule has 0 aromatic heterocycles. The van der Waals surface area contributed by atoms with Crippen molar-refractivity contribution >= 4 is 33.7 Å². The highest BCUT2D eigenvalue weighted by molar-refractivity contribution is 9.10. The number of aromatic hydroxyl groups is 1. The van der Waals surface area contributed by atoms with Crippen LogP contribution in [0, 0.1) is 6.92 Å². The summed E-state index contributed by atoms with van der Waals surface area (Å²) in [6, 6.07) is 10.6. The van der Waals surface area contributed by atoms with Crippen molar-refractivity contribution in [1.29, 1.82) is 0 Å². The molecular weight excluding hydrogens is 386 g/mol. The van der Waals surface area contributed by atoms with Crippen LogP contribution in [0.4, 0.5) is 5.69 Å². The van der Waals surface area contributed by atoms with Gasteiger partial charge in [0.15, 0.2) is 11.5 Å². The molecule has 0 saturated heterocycles. The van der Waals surface area contributed by atoms with Gasteiger partial charge in [-0.05, 0) is 43.7 Å². The molecule has 0 heterocycles. The van der Waals surface area contributed by atoms with Crippen molar-refractivity contribution in [3.63, 3.8) is 0 Å². The molecule has 2 aromatic carbocycles. The lowest BCUT2D eigenvalue weighted by Crippen LogP contribution is -2.34. The number of benzene rings is 2. The van der Waals surface area contributed by atoms with Gasteiger partial charge in [-0.2, -0.15) is 5.10 Å². The molecule has 7 heteroatoms. The number of rotatable bonds is 6. The summed E-state index contributed by atoms with van der Waals surface area (Å²) in [6.07, 6.45) is 1.36. The van der Waals surface area contributed by atoms with E-state index in [2.05, 4.69) is 31.8 Å². The van der Waals surface area contributed by atoms with Crippen LogP contribution in [-0.2, 0) is 4.79 Å². The maximum Gasteiger partial charge on any atom is 0.262 e. The van der Waals surface area contributed by atoms with Crippen LogP contribution in [0.3, 0.4) is 0 Å². The van der Waals surface area contributed by atoms with E-state index in [-0.39, 0.29) is 11.7 Å². The zero-order valence-corrected chi connectivity index (χ0v) is 15.8. The minimum Gasteiger partial charge on any atom is -0.504 e. The van der Waals surface area contributed by atoms with Crippen molar-refractivity contribution in [3.8, 4) is 11.5 Å². The lowest BCUT2D eigenvalue weighted by Gasteiger charge is -2.13. The Morgan fingerprint density at radius 2 is 2.12 bits per heavy atom. The Bertz CT molecular complexity index is 793. The Kier molecular flexibility index (Phi) is 6.41. The van der Waals surface area contributed by atoms with Crippen molar-refractivity contribution in [3.05, 3.63) is 52.0 Å². The number of methoxy groups -OCH3 is 1. The molecule has 1 atom stereocenters. The molecule has 0 radical (unpaired) electrons. The molecule has 3 N–H and O–H groups in total. The first-order valence-corrected chi connectivity index (χ1v) is 8.42. The molecule has 0 aliphatic rings. The van der Waals surface area contributed by atoms with Crippen molar-refractivity contribution < 1.29 is 14.6 Å². The molecule has 132 valence electrons. The Morgan fingerprint density at radius 1 is 1.36 bits per heavy atom. The SMILES string of the molecule is COc1cc(Br)cc(/C=N\NC(=O)[C@H](C)Nc2cccc(C)c2)c1O. The van der Waals surface area contributed by atoms with Gasteiger partial charge in [0.05, 0.1) is 13.3 Å². The number of hydrogen-bond acceptors (Lipinski definition) is 5. The number of hydrazone groups is 1. The summed E-state index contributed by atoms with van der Waals surface area (Å²) in [4.78, 5) is 12.1. The molecular formula is C18H20BrN3O3. The molecule has 0 fully saturated rings. The summed E-state index contributed by atoms with van der Waals surface area (Å²) in [5, 5.41) is 17.1. The number of carbonyl (C=O) groups excluding carboxylic acids is 1. The first-order valence-electron chi connectivity index (χ1n) is 7.63. The predicted octanol–water partition coefficient (Wildman–Crippen LogP) is 3.42. The predicted molar refractivity (Wildman–Crippen MR) is 102 cm³/mol. The average Bonchev–Trinajstić information content (AvgIpc) is 2.57. The number of hydrogen-bond donors (Lipinski definition) is 3. The van der Waals surface area contributed by atoms with E-state index >= 15 is 0 Å². The maximum absolute atomic E-state index is 12.1. The molecule has 0 bridgehead atoms. The molecule has 2 rings (SSSR count). The second-order valence-electron chi connectivity index (χ2n) is 5.52. The first-order chi connectivity index (χ1) is 11.9. The quantitative estimate of drug-likeness (QED) is 0.507.